The van der Waals surface area contributed by atoms with E-state index < -0.39 is 0 Å². The Kier molecular flexibility index (Phi) is 18.1. The van der Waals surface area contributed by atoms with Crippen molar-refractivity contribution in [3.05, 3.63) is 94.3 Å². The van der Waals surface area contributed by atoms with Crippen LogP contribution in [0.3, 0.4) is 0 Å². The number of hydrogen-bond donors (Lipinski definition) is 1. The van der Waals surface area contributed by atoms with Gasteiger partial charge in [-0.15, -0.1) is 0 Å². The van der Waals surface area contributed by atoms with Gasteiger partial charge in [0, 0.05) is 13.5 Å². The lowest BCUT2D eigenvalue weighted by Gasteiger charge is -2.11. The predicted octanol–water partition coefficient (Wildman–Crippen LogP) is 7.49. The third-order valence-corrected chi connectivity index (χ3v) is 4.70. The van der Waals surface area contributed by atoms with Gasteiger partial charge < -0.3 is 5.11 Å². The summed E-state index contributed by atoms with van der Waals surface area (Å²) >= 11 is 0. The van der Waals surface area contributed by atoms with Gasteiger partial charge in [0.15, 0.2) is 0 Å². The van der Waals surface area contributed by atoms with Crippen molar-refractivity contribution in [2.75, 3.05) is 7.11 Å². The van der Waals surface area contributed by atoms with Crippen LogP contribution in [0.15, 0.2) is 66.3 Å². The maximum Gasteiger partial charge on any atom is 0.134 e. The Labute approximate surface area is 189 Å². The number of ketones is 1. The van der Waals surface area contributed by atoms with E-state index in [1.807, 2.05) is 32.9 Å². The monoisotopic (exact) mass is 428 g/mol. The first-order chi connectivity index (χ1) is 14.7. The molecule has 0 aromatic heterocycles. The van der Waals surface area contributed by atoms with E-state index in [4.69, 9.17) is 5.11 Å². The molecule has 2 aromatic rings. The highest BCUT2D eigenvalue weighted by atomic mass is 19.1. The van der Waals surface area contributed by atoms with Gasteiger partial charge in [-0.2, -0.15) is 0 Å². The zero-order valence-corrected chi connectivity index (χ0v) is 20.7. The summed E-state index contributed by atoms with van der Waals surface area (Å²) in [6.07, 6.45) is 4.33. The summed E-state index contributed by atoms with van der Waals surface area (Å²) in [7, 11) is 1.00. The fourth-order valence-corrected chi connectivity index (χ4v) is 2.84. The molecule has 0 heterocycles. The number of hydrogen-bond acceptors (Lipinski definition) is 2. The van der Waals surface area contributed by atoms with Gasteiger partial charge in [-0.1, -0.05) is 62.4 Å². The number of rotatable bonds is 6. The summed E-state index contributed by atoms with van der Waals surface area (Å²) < 4.78 is 12.2. The van der Waals surface area contributed by atoms with Crippen molar-refractivity contribution in [1.82, 2.24) is 0 Å². The second-order valence-electron chi connectivity index (χ2n) is 7.05. The minimum absolute atomic E-state index is 0.162. The summed E-state index contributed by atoms with van der Waals surface area (Å²) in [4.78, 5) is 11.2. The van der Waals surface area contributed by atoms with Crippen LogP contribution in [0.1, 0.15) is 62.8 Å². The molecule has 0 saturated heterocycles. The van der Waals surface area contributed by atoms with Crippen molar-refractivity contribution in [1.29, 1.82) is 0 Å². The molecule has 3 heteroatoms. The van der Waals surface area contributed by atoms with Gasteiger partial charge in [-0.25, -0.2) is 4.39 Å². The van der Waals surface area contributed by atoms with Crippen LogP contribution in [-0.2, 0) is 11.2 Å². The van der Waals surface area contributed by atoms with Crippen molar-refractivity contribution in [3.8, 4) is 0 Å². The van der Waals surface area contributed by atoms with Gasteiger partial charge in [0.2, 0.25) is 0 Å². The van der Waals surface area contributed by atoms with E-state index in [0.29, 0.717) is 6.42 Å². The maximum atomic E-state index is 12.2. The summed E-state index contributed by atoms with van der Waals surface area (Å²) in [5.41, 5.74) is 7.42. The largest absolute Gasteiger partial charge is 0.400 e. The first kappa shape index (κ1) is 30.7. The Hall–Kier alpha value is -2.52. The molecule has 0 fully saturated rings. The average molecular weight is 429 g/mol. The minimum Gasteiger partial charge on any atom is -0.400 e. The van der Waals surface area contributed by atoms with Gasteiger partial charge in [-0.3, -0.25) is 4.79 Å². The van der Waals surface area contributed by atoms with Gasteiger partial charge >= 0.3 is 0 Å². The topological polar surface area (TPSA) is 37.3 Å². The Balaban J connectivity index is 0. The van der Waals surface area contributed by atoms with E-state index in [2.05, 4.69) is 45.5 Å². The molecule has 0 amide bonds. The first-order valence-corrected chi connectivity index (χ1v) is 10.8. The summed E-state index contributed by atoms with van der Waals surface area (Å²) in [5, 5.41) is 7.00. The third kappa shape index (κ3) is 13.4. The minimum atomic E-state index is -0.162. The van der Waals surface area contributed by atoms with Crippen LogP contribution in [0.4, 0.5) is 4.39 Å². The molecule has 1 N–H and O–H groups in total. The van der Waals surface area contributed by atoms with Crippen LogP contribution in [0, 0.1) is 26.6 Å². The number of benzene rings is 2. The highest BCUT2D eigenvalue weighted by Crippen LogP contribution is 2.19. The number of aliphatic hydroxyl groups is 1. The van der Waals surface area contributed by atoms with Crippen LogP contribution in [0.25, 0.3) is 0 Å². The average Bonchev–Trinajstić information content (AvgIpc) is 2.76. The van der Waals surface area contributed by atoms with Crippen molar-refractivity contribution >= 4 is 5.78 Å². The van der Waals surface area contributed by atoms with E-state index in [9.17, 15) is 9.18 Å². The Bertz CT molecular complexity index is 802. The Morgan fingerprint density at radius 1 is 1.03 bits per heavy atom. The first-order valence-electron chi connectivity index (χ1n) is 10.8. The Morgan fingerprint density at radius 2 is 1.61 bits per heavy atom. The highest BCUT2D eigenvalue weighted by Gasteiger charge is 2.05. The smallest absolute Gasteiger partial charge is 0.134 e. The van der Waals surface area contributed by atoms with Crippen molar-refractivity contribution in [2.24, 2.45) is 0 Å². The SMILES string of the molecule is C=C/C(CC(C)=O)=C(\C)CCc1cccc(C)c1C.CC.CO.Cc1cccc(F)c1. The van der Waals surface area contributed by atoms with Gasteiger partial charge in [0.25, 0.3) is 0 Å². The number of Topliss-reactive ketones (excluding diaryl/α,β-unsaturated/α-hetero) is 1. The van der Waals surface area contributed by atoms with Crippen LogP contribution < -0.4 is 0 Å². The molecular formula is C28H41FO2. The number of halogens is 1. The van der Waals surface area contributed by atoms with Crippen LogP contribution >= 0.6 is 0 Å². The van der Waals surface area contributed by atoms with Crippen molar-refractivity contribution < 1.29 is 14.3 Å². The normalized spacial score (nSPS) is 10.1. The molecule has 0 unspecified atom stereocenters. The van der Waals surface area contributed by atoms with Crippen molar-refractivity contribution in [3.63, 3.8) is 0 Å². The number of aliphatic hydroxyl groups excluding tert-OH is 1. The lowest BCUT2D eigenvalue weighted by atomic mass is 9.95. The van der Waals surface area contributed by atoms with Gasteiger partial charge in [0.05, 0.1) is 0 Å². The van der Waals surface area contributed by atoms with E-state index >= 15 is 0 Å². The molecule has 0 aliphatic rings. The fraction of sp³-hybridized carbons (Fsp3) is 0.393. The molecule has 0 aliphatic carbocycles. The maximum absolute atomic E-state index is 12.2. The predicted molar refractivity (Wildman–Crippen MR) is 133 cm³/mol. The quantitative estimate of drug-likeness (QED) is 0.484. The zero-order valence-electron chi connectivity index (χ0n) is 20.7. The molecule has 0 radical (unpaired) electrons. The molecule has 172 valence electrons. The van der Waals surface area contributed by atoms with Crippen LogP contribution in [0.5, 0.6) is 0 Å². The zero-order chi connectivity index (χ0) is 24.4. The number of aryl methyl sites for hydroxylation is 3. The molecule has 2 rings (SSSR count). The molecular weight excluding hydrogens is 387 g/mol. The second-order valence-corrected chi connectivity index (χ2v) is 7.05. The van der Waals surface area contributed by atoms with E-state index in [1.54, 1.807) is 13.0 Å². The molecule has 2 aromatic carbocycles. The lowest BCUT2D eigenvalue weighted by Crippen LogP contribution is -1.97. The summed E-state index contributed by atoms with van der Waals surface area (Å²) in [6, 6.07) is 12.9. The van der Waals surface area contributed by atoms with Crippen molar-refractivity contribution in [2.45, 2.75) is 67.7 Å². The lowest BCUT2D eigenvalue weighted by molar-refractivity contribution is -0.116. The fourth-order valence-electron chi connectivity index (χ4n) is 2.84. The number of carbonyl (C=O) groups excluding carboxylic acids is 1. The second kappa shape index (κ2) is 18.3. The standard InChI is InChI=1S/C18H24O.C7H7F.C2H6.CH4O/c1-6-17(12-15(4)19)14(3)10-11-18-9-7-8-13(2)16(18)5;1-6-3-2-4-7(8)5-6;2*1-2/h6-9H,1,10-12H2,2-5H3;2-5H,1H3;1-2H3;2H,1H3/b17-14-;;;. The molecule has 0 spiro atoms. The molecule has 0 atom stereocenters. The van der Waals surface area contributed by atoms with Crippen LogP contribution in [-0.4, -0.2) is 18.0 Å². The molecule has 0 saturated carbocycles. The van der Waals surface area contributed by atoms with Gasteiger partial charge in [-0.05, 0) is 87.4 Å². The molecule has 31 heavy (non-hydrogen) atoms. The highest BCUT2D eigenvalue weighted by molar-refractivity contribution is 5.79. The Morgan fingerprint density at radius 3 is 2.06 bits per heavy atom. The van der Waals surface area contributed by atoms with E-state index in [1.165, 1.54) is 34.4 Å². The molecule has 0 bridgehead atoms. The van der Waals surface area contributed by atoms with Gasteiger partial charge in [0.1, 0.15) is 11.6 Å². The third-order valence-electron chi connectivity index (χ3n) is 4.70. The van der Waals surface area contributed by atoms with Crippen LogP contribution in [0.2, 0.25) is 0 Å². The van der Waals surface area contributed by atoms with E-state index in [0.717, 1.165) is 31.1 Å². The molecule has 2 nitrogen and oxygen atoms in total. The molecule has 0 aliphatic heterocycles. The van der Waals surface area contributed by atoms with E-state index in [-0.39, 0.29) is 11.6 Å². The summed E-state index contributed by atoms with van der Waals surface area (Å²) in [6.45, 7) is 17.7. The number of allylic oxidation sites excluding steroid dienone is 3. The number of carbonyl (C=O) groups is 1. The summed E-state index contributed by atoms with van der Waals surface area (Å²) in [5.74, 6) is 0.0333.